The molecule has 6 heteroatoms. The van der Waals surface area contributed by atoms with Gasteiger partial charge in [-0.15, -0.1) is 0 Å². The topological polar surface area (TPSA) is 56.8 Å². The van der Waals surface area contributed by atoms with Gasteiger partial charge in [0.2, 0.25) is 0 Å². The summed E-state index contributed by atoms with van der Waals surface area (Å²) < 4.78 is 16.9. The van der Waals surface area contributed by atoms with Crippen LogP contribution in [0.2, 0.25) is 0 Å². The Labute approximate surface area is 150 Å². The van der Waals surface area contributed by atoms with E-state index >= 15 is 0 Å². The minimum Gasteiger partial charge on any atom is -0.494 e. The van der Waals surface area contributed by atoms with E-state index in [-0.39, 0.29) is 5.91 Å². The summed E-state index contributed by atoms with van der Waals surface area (Å²) in [6, 6.07) is 10.6. The SMILES string of the molecule is CCOc1ccc(NC(=O)c2cc(Br)c(OCC)c(OC)c2)cc1. The summed E-state index contributed by atoms with van der Waals surface area (Å²) in [5.41, 5.74) is 1.16. The number of amides is 1. The molecule has 1 N–H and O–H groups in total. The molecule has 2 rings (SSSR count). The number of benzene rings is 2. The fourth-order valence-electron chi connectivity index (χ4n) is 2.14. The monoisotopic (exact) mass is 393 g/mol. The number of anilines is 1. The number of carbonyl (C=O) groups excluding carboxylic acids is 1. The molecule has 0 radical (unpaired) electrons. The quantitative estimate of drug-likeness (QED) is 0.751. The van der Waals surface area contributed by atoms with Crippen LogP contribution in [0.1, 0.15) is 24.2 Å². The van der Waals surface area contributed by atoms with Crippen molar-refractivity contribution in [1.29, 1.82) is 0 Å². The lowest BCUT2D eigenvalue weighted by atomic mass is 10.1. The predicted octanol–water partition coefficient (Wildman–Crippen LogP) is 4.51. The van der Waals surface area contributed by atoms with E-state index in [0.717, 1.165) is 5.75 Å². The van der Waals surface area contributed by atoms with E-state index in [1.54, 1.807) is 31.4 Å². The minimum absolute atomic E-state index is 0.235. The van der Waals surface area contributed by atoms with Crippen molar-refractivity contribution in [3.05, 3.63) is 46.4 Å². The van der Waals surface area contributed by atoms with E-state index in [4.69, 9.17) is 14.2 Å². The average Bonchev–Trinajstić information content (AvgIpc) is 2.58. The Morgan fingerprint density at radius 2 is 1.75 bits per heavy atom. The molecular formula is C18H20BrNO4. The molecular weight excluding hydrogens is 374 g/mol. The van der Waals surface area contributed by atoms with Gasteiger partial charge in [-0.3, -0.25) is 4.79 Å². The number of halogens is 1. The van der Waals surface area contributed by atoms with Crippen LogP contribution < -0.4 is 19.5 Å². The van der Waals surface area contributed by atoms with Gasteiger partial charge in [0.25, 0.3) is 5.91 Å². The second-order valence-corrected chi connectivity index (χ2v) is 5.69. The minimum atomic E-state index is -0.235. The molecule has 2 aromatic rings. The van der Waals surface area contributed by atoms with Crippen LogP contribution in [0.3, 0.4) is 0 Å². The molecule has 0 spiro atoms. The van der Waals surface area contributed by atoms with Crippen molar-refractivity contribution in [3.8, 4) is 17.2 Å². The molecule has 0 aliphatic rings. The normalized spacial score (nSPS) is 10.2. The van der Waals surface area contributed by atoms with Gasteiger partial charge in [0, 0.05) is 11.3 Å². The number of methoxy groups -OCH3 is 1. The maximum Gasteiger partial charge on any atom is 0.255 e. The largest absolute Gasteiger partial charge is 0.494 e. The summed E-state index contributed by atoms with van der Waals surface area (Å²) in [6.45, 7) is 4.92. The highest BCUT2D eigenvalue weighted by atomic mass is 79.9. The first-order valence-electron chi connectivity index (χ1n) is 7.63. The van der Waals surface area contributed by atoms with Gasteiger partial charge in [-0.1, -0.05) is 0 Å². The molecule has 128 valence electrons. The number of rotatable bonds is 7. The molecule has 0 aliphatic carbocycles. The first-order chi connectivity index (χ1) is 11.6. The van der Waals surface area contributed by atoms with E-state index < -0.39 is 0 Å². The predicted molar refractivity (Wildman–Crippen MR) is 97.4 cm³/mol. The summed E-state index contributed by atoms with van der Waals surface area (Å²) in [5.74, 6) is 1.61. The Bertz CT molecular complexity index is 701. The molecule has 0 atom stereocenters. The van der Waals surface area contributed by atoms with Gasteiger partial charge in [-0.05, 0) is 66.2 Å². The first-order valence-corrected chi connectivity index (χ1v) is 8.42. The van der Waals surface area contributed by atoms with Crippen molar-refractivity contribution in [2.75, 3.05) is 25.6 Å². The van der Waals surface area contributed by atoms with Crippen LogP contribution in [0, 0.1) is 0 Å². The zero-order valence-corrected chi connectivity index (χ0v) is 15.5. The molecule has 1 amide bonds. The second-order valence-electron chi connectivity index (χ2n) is 4.83. The Hall–Kier alpha value is -2.21. The molecule has 24 heavy (non-hydrogen) atoms. The van der Waals surface area contributed by atoms with Crippen molar-refractivity contribution in [3.63, 3.8) is 0 Å². The summed E-state index contributed by atoms with van der Waals surface area (Å²) in [6.07, 6.45) is 0. The Kier molecular flexibility index (Phi) is 6.49. The number of ether oxygens (including phenoxy) is 3. The molecule has 0 bridgehead atoms. The molecule has 0 unspecified atom stereocenters. The van der Waals surface area contributed by atoms with Gasteiger partial charge in [-0.25, -0.2) is 0 Å². The highest BCUT2D eigenvalue weighted by Crippen LogP contribution is 2.36. The van der Waals surface area contributed by atoms with Crippen molar-refractivity contribution in [2.24, 2.45) is 0 Å². The number of carbonyl (C=O) groups is 1. The van der Waals surface area contributed by atoms with Crippen LogP contribution >= 0.6 is 15.9 Å². The number of hydrogen-bond donors (Lipinski definition) is 1. The molecule has 0 saturated carbocycles. The lowest BCUT2D eigenvalue weighted by Crippen LogP contribution is -2.12. The van der Waals surface area contributed by atoms with Crippen LogP contribution in [0.15, 0.2) is 40.9 Å². The number of hydrogen-bond acceptors (Lipinski definition) is 4. The Morgan fingerprint density at radius 3 is 2.33 bits per heavy atom. The third-order valence-corrected chi connectivity index (χ3v) is 3.79. The standard InChI is InChI=1S/C18H20BrNO4/c1-4-23-14-8-6-13(7-9-14)20-18(21)12-10-15(19)17(24-5-2)16(11-12)22-3/h6-11H,4-5H2,1-3H3,(H,20,21). The van der Waals surface area contributed by atoms with Gasteiger partial charge < -0.3 is 19.5 Å². The molecule has 0 saturated heterocycles. The molecule has 0 aromatic heterocycles. The highest BCUT2D eigenvalue weighted by Gasteiger charge is 2.15. The van der Waals surface area contributed by atoms with Crippen LogP contribution in [-0.2, 0) is 0 Å². The lowest BCUT2D eigenvalue weighted by molar-refractivity contribution is 0.102. The third-order valence-electron chi connectivity index (χ3n) is 3.20. The summed E-state index contributed by atoms with van der Waals surface area (Å²) >= 11 is 3.42. The van der Waals surface area contributed by atoms with E-state index in [9.17, 15) is 4.79 Å². The molecule has 0 aliphatic heterocycles. The maximum atomic E-state index is 12.5. The average molecular weight is 394 g/mol. The van der Waals surface area contributed by atoms with Crippen molar-refractivity contribution < 1.29 is 19.0 Å². The molecule has 2 aromatic carbocycles. The van der Waals surface area contributed by atoms with Crippen LogP contribution in [0.25, 0.3) is 0 Å². The first kappa shape index (κ1) is 18.1. The van der Waals surface area contributed by atoms with Gasteiger partial charge >= 0.3 is 0 Å². The zero-order chi connectivity index (χ0) is 17.5. The summed E-state index contributed by atoms with van der Waals surface area (Å²) in [4.78, 5) is 12.5. The zero-order valence-electron chi connectivity index (χ0n) is 13.9. The molecule has 5 nitrogen and oxygen atoms in total. The molecule has 0 fully saturated rings. The highest BCUT2D eigenvalue weighted by molar-refractivity contribution is 9.10. The third kappa shape index (κ3) is 4.41. The second kappa shape index (κ2) is 8.59. The van der Waals surface area contributed by atoms with Crippen LogP contribution in [0.4, 0.5) is 5.69 Å². The van der Waals surface area contributed by atoms with Crippen LogP contribution in [-0.4, -0.2) is 26.2 Å². The van der Waals surface area contributed by atoms with Gasteiger partial charge in [0.05, 0.1) is 24.8 Å². The van der Waals surface area contributed by atoms with Crippen molar-refractivity contribution in [2.45, 2.75) is 13.8 Å². The van der Waals surface area contributed by atoms with Gasteiger partial charge in [0.1, 0.15) is 5.75 Å². The van der Waals surface area contributed by atoms with E-state index in [1.165, 1.54) is 0 Å². The fourth-order valence-corrected chi connectivity index (χ4v) is 2.70. The van der Waals surface area contributed by atoms with Crippen LogP contribution in [0.5, 0.6) is 17.2 Å². The van der Waals surface area contributed by atoms with Crippen molar-refractivity contribution in [1.82, 2.24) is 0 Å². The smallest absolute Gasteiger partial charge is 0.255 e. The summed E-state index contributed by atoms with van der Waals surface area (Å²) in [7, 11) is 1.54. The number of nitrogens with one attached hydrogen (secondary N) is 1. The fraction of sp³-hybridized carbons (Fsp3) is 0.278. The lowest BCUT2D eigenvalue weighted by Gasteiger charge is -2.13. The summed E-state index contributed by atoms with van der Waals surface area (Å²) in [5, 5.41) is 2.85. The Morgan fingerprint density at radius 1 is 1.08 bits per heavy atom. The van der Waals surface area contributed by atoms with E-state index in [1.807, 2.05) is 26.0 Å². The molecule has 0 heterocycles. The van der Waals surface area contributed by atoms with E-state index in [0.29, 0.717) is 40.4 Å². The van der Waals surface area contributed by atoms with Gasteiger partial charge in [0.15, 0.2) is 11.5 Å². The maximum absolute atomic E-state index is 12.5. The Balaban J connectivity index is 2.18. The van der Waals surface area contributed by atoms with Gasteiger partial charge in [-0.2, -0.15) is 0 Å². The van der Waals surface area contributed by atoms with Crippen molar-refractivity contribution >= 4 is 27.5 Å². The van der Waals surface area contributed by atoms with E-state index in [2.05, 4.69) is 21.2 Å².